The SMILES string of the molecule is CCc1ccc(N/C=C(\C(=O)OC)S(=O)(=O)c2ccc(OC)cc2)cc1. The Bertz CT molecular complexity index is 885. The standard InChI is InChI=1S/C19H21NO5S/c1-4-14-5-7-15(8-6-14)20-13-18(19(21)25-3)26(22,23)17-11-9-16(24-2)10-12-17/h5-13,20H,4H2,1-3H3/b18-13+. The van der Waals surface area contributed by atoms with Crippen LogP contribution in [0.1, 0.15) is 12.5 Å². The zero-order chi connectivity index (χ0) is 19.2. The van der Waals surface area contributed by atoms with Gasteiger partial charge in [0.2, 0.25) is 9.84 Å². The third-order valence-electron chi connectivity index (χ3n) is 3.78. The lowest BCUT2D eigenvalue weighted by molar-refractivity contribution is -0.135. The highest BCUT2D eigenvalue weighted by atomic mass is 32.2. The molecule has 2 aromatic carbocycles. The number of aryl methyl sites for hydroxylation is 1. The molecule has 0 saturated carbocycles. The van der Waals surface area contributed by atoms with E-state index in [0.29, 0.717) is 11.4 Å². The van der Waals surface area contributed by atoms with E-state index in [1.807, 2.05) is 31.2 Å². The summed E-state index contributed by atoms with van der Waals surface area (Å²) in [4.78, 5) is 11.5. The first-order chi connectivity index (χ1) is 12.4. The maximum Gasteiger partial charge on any atom is 0.351 e. The number of ether oxygens (including phenoxy) is 2. The fourth-order valence-electron chi connectivity index (χ4n) is 2.21. The number of hydrogen-bond donors (Lipinski definition) is 1. The average Bonchev–Trinajstić information content (AvgIpc) is 2.68. The topological polar surface area (TPSA) is 81.7 Å². The molecule has 138 valence electrons. The molecule has 0 aromatic heterocycles. The third-order valence-corrected chi connectivity index (χ3v) is 5.53. The minimum absolute atomic E-state index is 0.0296. The van der Waals surface area contributed by atoms with Gasteiger partial charge in [-0.1, -0.05) is 19.1 Å². The smallest absolute Gasteiger partial charge is 0.351 e. The molecule has 0 fully saturated rings. The summed E-state index contributed by atoms with van der Waals surface area (Å²) in [5, 5.41) is 2.84. The summed E-state index contributed by atoms with van der Waals surface area (Å²) < 4.78 is 35.3. The van der Waals surface area contributed by atoms with Gasteiger partial charge in [-0.3, -0.25) is 0 Å². The van der Waals surface area contributed by atoms with E-state index in [-0.39, 0.29) is 4.90 Å². The third kappa shape index (κ3) is 4.43. The average molecular weight is 375 g/mol. The molecular weight excluding hydrogens is 354 g/mol. The van der Waals surface area contributed by atoms with Crippen molar-refractivity contribution in [2.24, 2.45) is 0 Å². The fourth-order valence-corrected chi connectivity index (χ4v) is 3.48. The quantitative estimate of drug-likeness (QED) is 0.591. The number of rotatable bonds is 7. The first-order valence-corrected chi connectivity index (χ1v) is 9.43. The van der Waals surface area contributed by atoms with Gasteiger partial charge < -0.3 is 14.8 Å². The van der Waals surface area contributed by atoms with Gasteiger partial charge >= 0.3 is 5.97 Å². The molecule has 1 N–H and O–H groups in total. The Hall–Kier alpha value is -2.80. The van der Waals surface area contributed by atoms with Crippen LogP contribution in [0.15, 0.2) is 64.5 Å². The molecule has 2 aromatic rings. The van der Waals surface area contributed by atoms with Crippen LogP contribution in [0, 0.1) is 0 Å². The lowest BCUT2D eigenvalue weighted by Gasteiger charge is -2.09. The van der Waals surface area contributed by atoms with Crippen molar-refractivity contribution in [2.45, 2.75) is 18.2 Å². The van der Waals surface area contributed by atoms with Crippen molar-refractivity contribution in [1.29, 1.82) is 0 Å². The summed E-state index contributed by atoms with van der Waals surface area (Å²) in [6.07, 6.45) is 2.04. The van der Waals surface area contributed by atoms with Gasteiger partial charge in [-0.05, 0) is 48.4 Å². The van der Waals surface area contributed by atoms with Gasteiger partial charge in [0, 0.05) is 11.9 Å². The normalized spacial score (nSPS) is 11.7. The van der Waals surface area contributed by atoms with E-state index >= 15 is 0 Å². The van der Waals surface area contributed by atoms with Crippen LogP contribution in [0.2, 0.25) is 0 Å². The number of methoxy groups -OCH3 is 2. The van der Waals surface area contributed by atoms with Gasteiger partial charge in [-0.25, -0.2) is 13.2 Å². The van der Waals surface area contributed by atoms with Gasteiger partial charge in [0.15, 0.2) is 4.91 Å². The van der Waals surface area contributed by atoms with Gasteiger partial charge in [0.1, 0.15) is 5.75 Å². The van der Waals surface area contributed by atoms with Gasteiger partial charge in [-0.15, -0.1) is 0 Å². The van der Waals surface area contributed by atoms with Gasteiger partial charge in [0.05, 0.1) is 19.1 Å². The largest absolute Gasteiger partial charge is 0.497 e. The number of benzene rings is 2. The zero-order valence-corrected chi connectivity index (χ0v) is 15.7. The number of esters is 1. The molecule has 26 heavy (non-hydrogen) atoms. The molecule has 0 heterocycles. The number of hydrogen-bond acceptors (Lipinski definition) is 6. The highest BCUT2D eigenvalue weighted by Gasteiger charge is 2.28. The molecule has 2 rings (SSSR count). The van der Waals surface area contributed by atoms with Crippen molar-refractivity contribution in [2.75, 3.05) is 19.5 Å². The first kappa shape index (κ1) is 19.5. The van der Waals surface area contributed by atoms with E-state index in [4.69, 9.17) is 4.74 Å². The predicted molar refractivity (Wildman–Crippen MR) is 99.7 cm³/mol. The Morgan fingerprint density at radius 1 is 1.04 bits per heavy atom. The molecule has 0 spiro atoms. The summed E-state index contributed by atoms with van der Waals surface area (Å²) in [5.74, 6) is -0.430. The Balaban J connectivity index is 2.36. The summed E-state index contributed by atoms with van der Waals surface area (Å²) in [6.45, 7) is 2.04. The van der Waals surface area contributed by atoms with E-state index < -0.39 is 20.7 Å². The van der Waals surface area contributed by atoms with Crippen LogP contribution in [0.4, 0.5) is 5.69 Å². The maximum absolute atomic E-state index is 12.8. The molecule has 0 aliphatic rings. The van der Waals surface area contributed by atoms with Crippen LogP contribution < -0.4 is 10.1 Å². The van der Waals surface area contributed by atoms with E-state index in [1.54, 1.807) is 0 Å². The molecule has 6 nitrogen and oxygen atoms in total. The molecule has 0 amide bonds. The molecule has 0 atom stereocenters. The van der Waals surface area contributed by atoms with Crippen LogP contribution in [0.5, 0.6) is 5.75 Å². The number of nitrogens with one attached hydrogen (secondary N) is 1. The second-order valence-corrected chi connectivity index (χ2v) is 7.29. The van der Waals surface area contributed by atoms with E-state index in [1.165, 1.54) is 31.4 Å². The minimum Gasteiger partial charge on any atom is -0.497 e. The van der Waals surface area contributed by atoms with E-state index in [0.717, 1.165) is 25.3 Å². The van der Waals surface area contributed by atoms with Crippen molar-refractivity contribution < 1.29 is 22.7 Å². The van der Waals surface area contributed by atoms with Crippen LogP contribution in [0.25, 0.3) is 0 Å². The molecule has 0 aliphatic heterocycles. The molecule has 0 saturated heterocycles. The highest BCUT2D eigenvalue weighted by molar-refractivity contribution is 7.96. The maximum atomic E-state index is 12.8. The van der Waals surface area contributed by atoms with Crippen molar-refractivity contribution >= 4 is 21.5 Å². The lowest BCUT2D eigenvalue weighted by atomic mass is 10.1. The Kier molecular flexibility index (Phi) is 6.41. The first-order valence-electron chi connectivity index (χ1n) is 7.95. The number of anilines is 1. The number of carbonyl (C=O) groups is 1. The van der Waals surface area contributed by atoms with Crippen molar-refractivity contribution in [3.8, 4) is 5.75 Å². The number of carbonyl (C=O) groups excluding carboxylic acids is 1. The van der Waals surface area contributed by atoms with Crippen molar-refractivity contribution in [1.82, 2.24) is 0 Å². The Morgan fingerprint density at radius 2 is 1.65 bits per heavy atom. The monoisotopic (exact) mass is 375 g/mol. The fraction of sp³-hybridized carbons (Fsp3) is 0.211. The van der Waals surface area contributed by atoms with Gasteiger partial charge in [0.25, 0.3) is 0 Å². The van der Waals surface area contributed by atoms with Crippen LogP contribution in [0.3, 0.4) is 0 Å². The summed E-state index contributed by atoms with van der Waals surface area (Å²) in [7, 11) is -1.43. The number of sulfone groups is 1. The van der Waals surface area contributed by atoms with Crippen molar-refractivity contribution in [3.63, 3.8) is 0 Å². The zero-order valence-electron chi connectivity index (χ0n) is 14.9. The second kappa shape index (κ2) is 8.53. The van der Waals surface area contributed by atoms with E-state index in [2.05, 4.69) is 10.1 Å². The van der Waals surface area contributed by atoms with Crippen LogP contribution in [-0.2, 0) is 25.8 Å². The summed E-state index contributed by atoms with van der Waals surface area (Å²) in [6, 6.07) is 13.2. The highest BCUT2D eigenvalue weighted by Crippen LogP contribution is 2.23. The van der Waals surface area contributed by atoms with Crippen LogP contribution in [-0.4, -0.2) is 28.6 Å². The molecule has 7 heteroatoms. The summed E-state index contributed by atoms with van der Waals surface area (Å²) in [5.41, 5.74) is 1.81. The van der Waals surface area contributed by atoms with E-state index in [9.17, 15) is 13.2 Å². The molecular formula is C19H21NO5S. The molecule has 0 unspecified atom stereocenters. The van der Waals surface area contributed by atoms with Crippen molar-refractivity contribution in [3.05, 3.63) is 65.2 Å². The second-order valence-electron chi connectivity index (χ2n) is 5.37. The lowest BCUT2D eigenvalue weighted by Crippen LogP contribution is -2.17. The Labute approximate surface area is 153 Å². The minimum atomic E-state index is -4.05. The molecule has 0 bridgehead atoms. The summed E-state index contributed by atoms with van der Waals surface area (Å²) >= 11 is 0. The molecule has 0 aliphatic carbocycles. The Morgan fingerprint density at radius 3 is 2.15 bits per heavy atom. The van der Waals surface area contributed by atoms with Crippen LogP contribution >= 0.6 is 0 Å². The van der Waals surface area contributed by atoms with Gasteiger partial charge in [-0.2, -0.15) is 0 Å². The predicted octanol–water partition coefficient (Wildman–Crippen LogP) is 3.16. The molecule has 0 radical (unpaired) electrons.